The van der Waals surface area contributed by atoms with Gasteiger partial charge in [-0.2, -0.15) is 4.40 Å². The number of nitrogens with zero attached hydrogens (tertiary/aromatic N) is 8. The number of aryl methyl sites for hydroxylation is 1. The molecular formula is C25H13N8O2+3. The van der Waals surface area contributed by atoms with Gasteiger partial charge in [-0.25, -0.2) is 4.98 Å². The third-order valence-corrected chi connectivity index (χ3v) is 7.64. The second-order valence-corrected chi connectivity index (χ2v) is 9.29. The van der Waals surface area contributed by atoms with E-state index in [0.717, 1.165) is 50.4 Å². The van der Waals surface area contributed by atoms with Gasteiger partial charge in [-0.05, 0) is 31.2 Å². The van der Waals surface area contributed by atoms with Gasteiger partial charge in [0, 0.05) is 27.9 Å². The quantitative estimate of drug-likeness (QED) is 0.198. The predicted molar refractivity (Wildman–Crippen MR) is 124 cm³/mol. The molecule has 0 saturated heterocycles. The van der Waals surface area contributed by atoms with Crippen LogP contribution in [0.1, 0.15) is 5.69 Å². The lowest BCUT2D eigenvalue weighted by molar-refractivity contribution is -1.05. The van der Waals surface area contributed by atoms with E-state index < -0.39 is 0 Å². The van der Waals surface area contributed by atoms with Crippen LogP contribution in [0.3, 0.4) is 0 Å². The summed E-state index contributed by atoms with van der Waals surface area (Å²) in [5, 5.41) is 7.03. The maximum Gasteiger partial charge on any atom is 0.438 e. The molecule has 162 valence electrons. The van der Waals surface area contributed by atoms with Gasteiger partial charge in [0.05, 0.1) is 34.1 Å². The normalized spacial score (nSPS) is 18.3. The highest BCUT2D eigenvalue weighted by Gasteiger charge is 2.70. The maximum atomic E-state index is 13.8. The Morgan fingerprint density at radius 3 is 2.91 bits per heavy atom. The van der Waals surface area contributed by atoms with Crippen LogP contribution in [0.4, 0.5) is 5.69 Å². The van der Waals surface area contributed by atoms with Crippen molar-refractivity contribution in [3.05, 3.63) is 77.1 Å². The molecule has 0 N–H and O–H groups in total. The fraction of sp³-hybridized carbons (Fsp3) is 0.0400. The Labute approximate surface area is 194 Å². The van der Waals surface area contributed by atoms with Gasteiger partial charge in [-0.1, -0.05) is 0 Å². The molecule has 1 atom stereocenters. The zero-order valence-electron chi connectivity index (χ0n) is 18.2. The summed E-state index contributed by atoms with van der Waals surface area (Å²) in [6, 6.07) is 11.9. The summed E-state index contributed by atoms with van der Waals surface area (Å²) in [6.45, 7) is 1.99. The first-order valence-corrected chi connectivity index (χ1v) is 11.3. The first-order valence-electron chi connectivity index (χ1n) is 11.3. The van der Waals surface area contributed by atoms with Crippen molar-refractivity contribution in [3.8, 4) is 23.0 Å². The van der Waals surface area contributed by atoms with Crippen LogP contribution in [0.2, 0.25) is 0 Å². The van der Waals surface area contributed by atoms with Gasteiger partial charge >= 0.3 is 22.9 Å². The minimum absolute atomic E-state index is 0.0528. The molecule has 9 heterocycles. The van der Waals surface area contributed by atoms with Gasteiger partial charge in [-0.15, -0.1) is 5.10 Å². The zero-order valence-corrected chi connectivity index (χ0v) is 18.2. The summed E-state index contributed by atoms with van der Waals surface area (Å²) in [7, 11) is 0. The molecule has 10 heteroatoms. The van der Waals surface area contributed by atoms with Gasteiger partial charge in [-0.3, -0.25) is 9.78 Å². The van der Waals surface area contributed by atoms with Gasteiger partial charge < -0.3 is 4.74 Å². The van der Waals surface area contributed by atoms with Gasteiger partial charge in [0.25, 0.3) is 0 Å². The molecule has 1 unspecified atom stereocenters. The first kappa shape index (κ1) is 16.6. The number of quaternary nitrogens is 1. The number of hydrogen-bond acceptors (Lipinski definition) is 5. The standard InChI is InChI=1S/C25H13N8O2/c1-12-9-17-16-3-2-4-19-31(16)33(32(17)28-12)23-18(35-19)6-5-13-22(23)30-21-14(10-26-11-15(21)24(13)34)20-25(30)29(33)8-7-27-20/h2-11H,1H3/q+3. The van der Waals surface area contributed by atoms with Crippen LogP contribution in [0.5, 0.6) is 11.6 Å². The molecular weight excluding hydrogens is 444 g/mol. The Balaban J connectivity index is 1.64. The monoisotopic (exact) mass is 457 g/mol. The lowest BCUT2D eigenvalue weighted by Gasteiger charge is -2.28. The molecule has 0 bridgehead atoms. The van der Waals surface area contributed by atoms with E-state index in [-0.39, 0.29) is 10.2 Å². The third-order valence-electron chi connectivity index (χ3n) is 7.64. The molecule has 0 radical (unpaired) electrons. The van der Waals surface area contributed by atoms with E-state index >= 15 is 0 Å². The molecule has 1 spiro atoms. The van der Waals surface area contributed by atoms with Crippen LogP contribution in [0.15, 0.2) is 66.0 Å². The number of aromatic nitrogens is 7. The van der Waals surface area contributed by atoms with Crippen LogP contribution in [0, 0.1) is 6.92 Å². The second kappa shape index (κ2) is 4.79. The van der Waals surface area contributed by atoms with E-state index in [4.69, 9.17) is 14.8 Å². The van der Waals surface area contributed by atoms with E-state index in [0.29, 0.717) is 22.4 Å². The van der Waals surface area contributed by atoms with E-state index in [1.54, 1.807) is 18.6 Å². The summed E-state index contributed by atoms with van der Waals surface area (Å²) in [5.41, 5.74) is 6.88. The number of fused-ring (bicyclic) bond motifs is 3. The van der Waals surface area contributed by atoms with Crippen molar-refractivity contribution >= 4 is 44.0 Å². The molecule has 6 aromatic heterocycles. The lowest BCUT2D eigenvalue weighted by atomic mass is 10.1. The second-order valence-electron chi connectivity index (χ2n) is 9.29. The predicted octanol–water partition coefficient (Wildman–Crippen LogP) is 2.16. The van der Waals surface area contributed by atoms with Crippen LogP contribution in [-0.4, -0.2) is 24.3 Å². The lowest BCUT2D eigenvalue weighted by Crippen LogP contribution is -2.88. The van der Waals surface area contributed by atoms with Crippen LogP contribution in [-0.2, 0) is 0 Å². The van der Waals surface area contributed by atoms with Crippen molar-refractivity contribution in [2.45, 2.75) is 6.92 Å². The molecule has 10 rings (SSSR count). The fourth-order valence-electron chi connectivity index (χ4n) is 6.48. The summed E-state index contributed by atoms with van der Waals surface area (Å²) in [5.74, 6) is 1.36. The van der Waals surface area contributed by atoms with E-state index in [9.17, 15) is 4.79 Å². The van der Waals surface area contributed by atoms with E-state index in [1.165, 1.54) is 0 Å². The van der Waals surface area contributed by atoms with Crippen molar-refractivity contribution in [2.24, 2.45) is 0 Å². The van der Waals surface area contributed by atoms with Gasteiger partial charge in [0.15, 0.2) is 17.2 Å². The Morgan fingerprint density at radius 1 is 1.06 bits per heavy atom. The molecule has 0 fully saturated rings. The molecule has 0 amide bonds. The first-order chi connectivity index (χ1) is 17.2. The molecule has 7 aromatic rings. The topological polar surface area (TPSA) is 82.1 Å². The van der Waals surface area contributed by atoms with E-state index in [1.807, 2.05) is 42.2 Å². The van der Waals surface area contributed by atoms with Crippen LogP contribution < -0.4 is 24.3 Å². The molecule has 1 aromatic carbocycles. The Morgan fingerprint density at radius 2 is 1.97 bits per heavy atom. The van der Waals surface area contributed by atoms with Crippen LogP contribution in [0.25, 0.3) is 49.7 Å². The Kier molecular flexibility index (Phi) is 2.27. The molecule has 3 aliphatic rings. The number of pyridine rings is 3. The smallest absolute Gasteiger partial charge is 0.394 e. The highest BCUT2D eigenvalue weighted by atomic mass is 16.5. The number of ether oxygens (including phenoxy) is 1. The zero-order chi connectivity index (χ0) is 22.8. The Bertz CT molecular complexity index is 2250. The molecule has 0 saturated carbocycles. The molecule has 3 aliphatic heterocycles. The van der Waals surface area contributed by atoms with Crippen molar-refractivity contribution in [1.29, 1.82) is 0 Å². The largest absolute Gasteiger partial charge is 0.438 e. The molecule has 0 aliphatic carbocycles. The number of rotatable bonds is 0. The minimum atomic E-state index is -0.0528. The molecule has 10 nitrogen and oxygen atoms in total. The van der Waals surface area contributed by atoms with Crippen molar-refractivity contribution in [1.82, 2.24) is 29.1 Å². The summed E-state index contributed by atoms with van der Waals surface area (Å²) >= 11 is 0. The highest BCUT2D eigenvalue weighted by molar-refractivity contribution is 6.15. The SMILES string of the molecule is Cc1cc2n(n1)[N+]13c4c(ccc5c(=O)c6cncc7c8ncc[n+]1c8n(c45)c67)Oc1cccc-2[n+]13. The average Bonchev–Trinajstić information content (AvgIpc) is 3.51. The van der Waals surface area contributed by atoms with Gasteiger partial charge in [0.1, 0.15) is 4.68 Å². The number of hydrogen-bond donors (Lipinski definition) is 0. The summed E-state index contributed by atoms with van der Waals surface area (Å²) in [4.78, 5) is 25.1. The van der Waals surface area contributed by atoms with Crippen molar-refractivity contribution in [2.75, 3.05) is 0 Å². The average molecular weight is 457 g/mol. The fourth-order valence-corrected chi connectivity index (χ4v) is 6.48. The van der Waals surface area contributed by atoms with E-state index in [2.05, 4.69) is 30.9 Å². The minimum Gasteiger partial charge on any atom is -0.394 e. The summed E-state index contributed by atoms with van der Waals surface area (Å²) in [6.07, 6.45) is 7.22. The van der Waals surface area contributed by atoms with Crippen molar-refractivity contribution < 1.29 is 14.1 Å². The third kappa shape index (κ3) is 1.43. The number of benzene rings is 1. The highest BCUT2D eigenvalue weighted by Crippen LogP contribution is 2.49. The van der Waals surface area contributed by atoms with Crippen LogP contribution >= 0.6 is 0 Å². The Hall–Kier alpha value is -4.96. The van der Waals surface area contributed by atoms with Gasteiger partial charge in [0.2, 0.25) is 27.2 Å². The summed E-state index contributed by atoms with van der Waals surface area (Å²) < 4.78 is 12.9. The maximum absolute atomic E-state index is 13.8. The molecule has 35 heavy (non-hydrogen) atoms. The van der Waals surface area contributed by atoms with Crippen molar-refractivity contribution in [3.63, 3.8) is 0 Å².